The van der Waals surface area contributed by atoms with Crippen LogP contribution in [0.4, 0.5) is 13.2 Å². The predicted molar refractivity (Wildman–Crippen MR) is 121 cm³/mol. The Morgan fingerprint density at radius 1 is 1.33 bits per heavy atom. The Bertz CT molecular complexity index is 741. The average molecular weight is 542 g/mol. The highest BCUT2D eigenvalue weighted by atomic mass is 127. The molecule has 1 saturated heterocycles. The molecule has 0 bridgehead atoms. The average Bonchev–Trinajstić information content (AvgIpc) is 2.70. The van der Waals surface area contributed by atoms with Crippen molar-refractivity contribution >= 4 is 35.8 Å². The van der Waals surface area contributed by atoms with Crippen molar-refractivity contribution in [1.29, 1.82) is 0 Å². The van der Waals surface area contributed by atoms with Crippen LogP contribution in [0.2, 0.25) is 0 Å². The molecular formula is C20H30F3IN4O2. The summed E-state index contributed by atoms with van der Waals surface area (Å²) in [7, 11) is 1.58. The zero-order chi connectivity index (χ0) is 21.7. The van der Waals surface area contributed by atoms with Gasteiger partial charge in [0.05, 0.1) is 30.7 Å². The molecule has 1 aliphatic rings. The molecule has 2 N–H and O–H groups in total. The molecule has 6 nitrogen and oxygen atoms in total. The van der Waals surface area contributed by atoms with Gasteiger partial charge in [0.2, 0.25) is 5.91 Å². The highest BCUT2D eigenvalue weighted by Gasteiger charge is 2.32. The first-order chi connectivity index (χ1) is 13.6. The number of hydrogen-bond acceptors (Lipinski definition) is 3. The minimum atomic E-state index is -4.40. The van der Waals surface area contributed by atoms with Crippen LogP contribution in [-0.2, 0) is 15.7 Å². The molecule has 1 aliphatic heterocycles. The molecule has 0 radical (unpaired) electrons. The van der Waals surface area contributed by atoms with Gasteiger partial charge >= 0.3 is 6.18 Å². The molecule has 1 aromatic carbocycles. The topological polar surface area (TPSA) is 66.0 Å². The summed E-state index contributed by atoms with van der Waals surface area (Å²) in [6, 6.07) is 5.22. The van der Waals surface area contributed by atoms with E-state index in [0.717, 1.165) is 12.1 Å². The number of benzene rings is 1. The Morgan fingerprint density at radius 2 is 2.03 bits per heavy atom. The van der Waals surface area contributed by atoms with Gasteiger partial charge in [0.1, 0.15) is 6.10 Å². The number of nitrogens with zero attached hydrogens (tertiary/aromatic N) is 2. The van der Waals surface area contributed by atoms with Crippen LogP contribution >= 0.6 is 24.0 Å². The minimum Gasteiger partial charge on any atom is -0.370 e. The monoisotopic (exact) mass is 542 g/mol. The van der Waals surface area contributed by atoms with Gasteiger partial charge in [0, 0.05) is 20.1 Å². The van der Waals surface area contributed by atoms with Gasteiger partial charge in [0.15, 0.2) is 5.96 Å². The number of carbonyl (C=O) groups excluding carboxylic acids is 1. The standard InChI is InChI=1S/C20H29F3N4O2.HI/c1-5-25-18(26-13-19(2,3)17(28)24-4)27-9-10-29-16(12-27)14-7-6-8-15(11-14)20(21,22)23;/h6-8,11,16H,5,9-10,12-13H2,1-4H3,(H,24,28)(H,25,26);1H. The van der Waals surface area contributed by atoms with Gasteiger partial charge in [-0.3, -0.25) is 9.79 Å². The number of rotatable bonds is 5. The van der Waals surface area contributed by atoms with Gasteiger partial charge in [-0.25, -0.2) is 0 Å². The lowest BCUT2D eigenvalue weighted by Gasteiger charge is -2.36. The fourth-order valence-corrected chi connectivity index (χ4v) is 3.07. The van der Waals surface area contributed by atoms with Crippen molar-refractivity contribution in [2.45, 2.75) is 33.1 Å². The second kappa shape index (κ2) is 11.2. The molecule has 0 aliphatic carbocycles. The summed E-state index contributed by atoms with van der Waals surface area (Å²) in [5.74, 6) is 0.505. The van der Waals surface area contributed by atoms with Gasteiger partial charge < -0.3 is 20.3 Å². The minimum absolute atomic E-state index is 0. The first-order valence-corrected chi connectivity index (χ1v) is 9.62. The lowest BCUT2D eigenvalue weighted by molar-refractivity contribution is -0.137. The van der Waals surface area contributed by atoms with Crippen LogP contribution in [-0.4, -0.2) is 56.6 Å². The summed E-state index contributed by atoms with van der Waals surface area (Å²) in [5, 5.41) is 5.83. The molecule has 0 aromatic heterocycles. The van der Waals surface area contributed by atoms with E-state index in [4.69, 9.17) is 4.74 Å². The van der Waals surface area contributed by atoms with E-state index in [1.165, 1.54) is 6.07 Å². The van der Waals surface area contributed by atoms with Crippen LogP contribution in [0.3, 0.4) is 0 Å². The molecule has 2 rings (SSSR count). The zero-order valence-electron chi connectivity index (χ0n) is 17.7. The van der Waals surface area contributed by atoms with Crippen molar-refractivity contribution in [3.8, 4) is 0 Å². The van der Waals surface area contributed by atoms with Gasteiger partial charge in [-0.1, -0.05) is 12.1 Å². The number of ether oxygens (including phenoxy) is 1. The summed E-state index contributed by atoms with van der Waals surface area (Å²) in [5.41, 5.74) is -0.892. The summed E-state index contributed by atoms with van der Waals surface area (Å²) >= 11 is 0. The van der Waals surface area contributed by atoms with Gasteiger partial charge in [-0.05, 0) is 38.5 Å². The number of aliphatic imine (C=N–C) groups is 1. The Kier molecular flexibility index (Phi) is 9.86. The van der Waals surface area contributed by atoms with E-state index >= 15 is 0 Å². The largest absolute Gasteiger partial charge is 0.416 e. The van der Waals surface area contributed by atoms with Gasteiger partial charge in [-0.15, -0.1) is 24.0 Å². The third-order valence-corrected chi connectivity index (χ3v) is 4.75. The van der Waals surface area contributed by atoms with Crippen molar-refractivity contribution < 1.29 is 22.7 Å². The predicted octanol–water partition coefficient (Wildman–Crippen LogP) is 3.43. The Morgan fingerprint density at radius 3 is 2.63 bits per heavy atom. The number of hydrogen-bond donors (Lipinski definition) is 2. The summed E-state index contributed by atoms with van der Waals surface area (Å²) in [6.45, 7) is 7.75. The Hall–Kier alpha value is -1.56. The van der Waals surface area contributed by atoms with Gasteiger partial charge in [-0.2, -0.15) is 13.2 Å². The molecule has 1 heterocycles. The second-order valence-electron chi connectivity index (χ2n) is 7.56. The van der Waals surface area contributed by atoms with Gasteiger partial charge in [0.25, 0.3) is 0 Å². The molecule has 30 heavy (non-hydrogen) atoms. The maximum Gasteiger partial charge on any atom is 0.416 e. The fraction of sp³-hybridized carbons (Fsp3) is 0.600. The number of amides is 1. The highest BCUT2D eigenvalue weighted by Crippen LogP contribution is 2.32. The normalized spacial score (nSPS) is 17.9. The molecule has 1 fully saturated rings. The lowest BCUT2D eigenvalue weighted by atomic mass is 9.93. The van der Waals surface area contributed by atoms with Crippen molar-refractivity contribution in [2.75, 3.05) is 39.8 Å². The van der Waals surface area contributed by atoms with Crippen molar-refractivity contribution in [2.24, 2.45) is 10.4 Å². The third-order valence-electron chi connectivity index (χ3n) is 4.75. The van der Waals surface area contributed by atoms with Crippen molar-refractivity contribution in [3.05, 3.63) is 35.4 Å². The maximum absolute atomic E-state index is 13.0. The number of alkyl halides is 3. The second-order valence-corrected chi connectivity index (χ2v) is 7.56. The first-order valence-electron chi connectivity index (χ1n) is 9.62. The highest BCUT2D eigenvalue weighted by molar-refractivity contribution is 14.0. The molecule has 170 valence electrons. The van der Waals surface area contributed by atoms with E-state index in [2.05, 4.69) is 15.6 Å². The zero-order valence-corrected chi connectivity index (χ0v) is 20.0. The quantitative estimate of drug-likeness (QED) is 0.340. The van der Waals surface area contributed by atoms with E-state index in [1.807, 2.05) is 25.7 Å². The summed E-state index contributed by atoms with van der Waals surface area (Å²) in [6.07, 6.45) is -4.89. The summed E-state index contributed by atoms with van der Waals surface area (Å²) < 4.78 is 44.8. The number of guanidine groups is 1. The number of morpholine rings is 1. The van der Waals surface area contributed by atoms with E-state index in [0.29, 0.717) is 37.8 Å². The molecule has 0 spiro atoms. The van der Waals surface area contributed by atoms with E-state index < -0.39 is 23.3 Å². The molecule has 1 atom stereocenters. The molecule has 10 heteroatoms. The number of carbonyl (C=O) groups is 1. The number of nitrogens with one attached hydrogen (secondary N) is 2. The molecule has 0 saturated carbocycles. The molecule has 1 unspecified atom stereocenters. The summed E-state index contributed by atoms with van der Waals surface area (Å²) in [4.78, 5) is 18.6. The third kappa shape index (κ3) is 7.00. The van der Waals surface area contributed by atoms with Crippen LogP contribution in [0, 0.1) is 5.41 Å². The van der Waals surface area contributed by atoms with Crippen molar-refractivity contribution in [1.82, 2.24) is 15.5 Å². The molecule has 1 aromatic rings. The Balaban J connectivity index is 0.00000450. The fourth-order valence-electron chi connectivity index (χ4n) is 3.07. The SMILES string of the molecule is CCNC(=NCC(C)(C)C(=O)NC)N1CCOC(c2cccc(C(F)(F)F)c2)C1.I. The first kappa shape index (κ1) is 26.5. The Labute approximate surface area is 192 Å². The van der Waals surface area contributed by atoms with Crippen LogP contribution in [0.15, 0.2) is 29.3 Å². The van der Waals surface area contributed by atoms with E-state index in [-0.39, 0.29) is 36.4 Å². The van der Waals surface area contributed by atoms with Crippen LogP contribution in [0.1, 0.15) is 38.0 Å². The molecule has 1 amide bonds. The van der Waals surface area contributed by atoms with Crippen molar-refractivity contribution in [3.63, 3.8) is 0 Å². The van der Waals surface area contributed by atoms with E-state index in [9.17, 15) is 18.0 Å². The lowest BCUT2D eigenvalue weighted by Crippen LogP contribution is -2.49. The van der Waals surface area contributed by atoms with E-state index in [1.54, 1.807) is 13.1 Å². The van der Waals surface area contributed by atoms with Crippen LogP contribution in [0.25, 0.3) is 0 Å². The van der Waals surface area contributed by atoms with Crippen LogP contribution < -0.4 is 10.6 Å². The smallest absolute Gasteiger partial charge is 0.370 e. The number of halogens is 4. The molecular weight excluding hydrogens is 512 g/mol. The van der Waals surface area contributed by atoms with Crippen LogP contribution in [0.5, 0.6) is 0 Å². The maximum atomic E-state index is 13.0.